The number of hydrogen-bond acceptors (Lipinski definition) is 3. The fraction of sp³-hybridized carbons (Fsp3) is 0.250. The molecule has 5 heteroatoms. The van der Waals surface area contributed by atoms with Gasteiger partial charge in [0.05, 0.1) is 17.4 Å². The van der Waals surface area contributed by atoms with Gasteiger partial charge in [-0.3, -0.25) is 0 Å². The Morgan fingerprint density at radius 1 is 1.41 bits per heavy atom. The first-order valence-electron chi connectivity index (χ1n) is 5.39. The average Bonchev–Trinajstić information content (AvgIpc) is 2.82. The van der Waals surface area contributed by atoms with Crippen LogP contribution in [0.5, 0.6) is 5.75 Å². The van der Waals surface area contributed by atoms with E-state index in [0.29, 0.717) is 12.3 Å². The van der Waals surface area contributed by atoms with Crippen molar-refractivity contribution in [3.05, 3.63) is 41.4 Å². The van der Waals surface area contributed by atoms with E-state index in [1.807, 2.05) is 29.0 Å². The van der Waals surface area contributed by atoms with Crippen molar-refractivity contribution in [2.24, 2.45) is 0 Å². The van der Waals surface area contributed by atoms with Crippen LogP contribution in [0.4, 0.5) is 5.69 Å². The minimum absolute atomic E-state index is 0.653. The van der Waals surface area contributed by atoms with E-state index >= 15 is 0 Å². The number of benzene rings is 1. The Morgan fingerprint density at radius 3 is 3.06 bits per heavy atom. The highest BCUT2D eigenvalue weighted by Gasteiger charge is 2.01. The number of halogens is 1. The van der Waals surface area contributed by atoms with Crippen LogP contribution in [0.1, 0.15) is 6.42 Å². The summed E-state index contributed by atoms with van der Waals surface area (Å²) in [7, 11) is 0. The number of nitrogens with zero attached hydrogens (tertiary/aromatic N) is 2. The normalized spacial score (nSPS) is 10.4. The molecule has 0 saturated heterocycles. The lowest BCUT2D eigenvalue weighted by atomic mass is 10.3. The molecule has 0 aliphatic rings. The minimum Gasteiger partial charge on any atom is -0.492 e. The van der Waals surface area contributed by atoms with Gasteiger partial charge in [0.25, 0.3) is 0 Å². The van der Waals surface area contributed by atoms with Crippen molar-refractivity contribution in [2.75, 3.05) is 12.3 Å². The summed E-state index contributed by atoms with van der Waals surface area (Å²) in [6.45, 7) is 1.56. The van der Waals surface area contributed by atoms with Crippen LogP contribution in [0.3, 0.4) is 0 Å². The molecule has 0 fully saturated rings. The van der Waals surface area contributed by atoms with E-state index in [1.165, 1.54) is 0 Å². The third kappa shape index (κ3) is 3.49. The fourth-order valence-corrected chi connectivity index (χ4v) is 1.84. The maximum absolute atomic E-state index is 5.70. The number of hydrogen-bond donors (Lipinski definition) is 1. The standard InChI is InChI=1S/C12H14BrN3O/c13-11-3-2-10(14)8-12(11)17-7-1-5-16-6-4-15-9-16/h2-4,6,8-9H,1,5,7,14H2. The van der Waals surface area contributed by atoms with Crippen molar-refractivity contribution in [1.29, 1.82) is 0 Å². The second kappa shape index (κ2) is 5.72. The summed E-state index contributed by atoms with van der Waals surface area (Å²) in [6, 6.07) is 5.55. The number of aryl methyl sites for hydroxylation is 1. The van der Waals surface area contributed by atoms with Crippen LogP contribution in [0.2, 0.25) is 0 Å². The number of anilines is 1. The molecular weight excluding hydrogens is 282 g/mol. The zero-order valence-electron chi connectivity index (χ0n) is 9.34. The molecule has 0 unspecified atom stereocenters. The van der Waals surface area contributed by atoms with Gasteiger partial charge in [-0.05, 0) is 34.5 Å². The van der Waals surface area contributed by atoms with Crippen LogP contribution in [0.25, 0.3) is 0 Å². The summed E-state index contributed by atoms with van der Waals surface area (Å²) in [4.78, 5) is 3.98. The molecule has 2 N–H and O–H groups in total. The smallest absolute Gasteiger partial charge is 0.135 e. The molecule has 1 aromatic carbocycles. The van der Waals surface area contributed by atoms with Gasteiger partial charge in [-0.25, -0.2) is 4.98 Å². The van der Waals surface area contributed by atoms with Crippen molar-refractivity contribution in [1.82, 2.24) is 9.55 Å². The largest absolute Gasteiger partial charge is 0.492 e. The zero-order chi connectivity index (χ0) is 12.1. The Bertz CT molecular complexity index is 471. The van der Waals surface area contributed by atoms with E-state index in [-0.39, 0.29) is 0 Å². The van der Waals surface area contributed by atoms with E-state index < -0.39 is 0 Å². The second-order valence-electron chi connectivity index (χ2n) is 3.69. The van der Waals surface area contributed by atoms with Gasteiger partial charge in [0.2, 0.25) is 0 Å². The maximum atomic E-state index is 5.70. The monoisotopic (exact) mass is 295 g/mol. The molecule has 2 rings (SSSR count). The number of imidazole rings is 1. The number of nitrogens with two attached hydrogens (primary N) is 1. The van der Waals surface area contributed by atoms with Gasteiger partial charge in [-0.2, -0.15) is 0 Å². The second-order valence-corrected chi connectivity index (χ2v) is 4.55. The van der Waals surface area contributed by atoms with E-state index in [0.717, 1.165) is 23.2 Å². The van der Waals surface area contributed by atoms with Crippen LogP contribution in [-0.4, -0.2) is 16.2 Å². The quantitative estimate of drug-likeness (QED) is 0.682. The van der Waals surface area contributed by atoms with E-state index in [9.17, 15) is 0 Å². The molecule has 0 bridgehead atoms. The van der Waals surface area contributed by atoms with Crippen molar-refractivity contribution in [2.45, 2.75) is 13.0 Å². The predicted molar refractivity (Wildman–Crippen MR) is 70.9 cm³/mol. The Labute approximate surface area is 109 Å². The molecular formula is C12H14BrN3O. The highest BCUT2D eigenvalue weighted by molar-refractivity contribution is 9.10. The molecule has 1 heterocycles. The molecule has 0 radical (unpaired) electrons. The third-order valence-corrected chi connectivity index (χ3v) is 2.99. The van der Waals surface area contributed by atoms with Crippen molar-refractivity contribution >= 4 is 21.6 Å². The molecule has 0 atom stereocenters. The molecule has 0 saturated carbocycles. The first kappa shape index (κ1) is 12.0. The van der Waals surface area contributed by atoms with Gasteiger partial charge >= 0.3 is 0 Å². The molecule has 0 amide bonds. The van der Waals surface area contributed by atoms with Gasteiger partial charge in [-0.1, -0.05) is 0 Å². The summed E-state index contributed by atoms with van der Waals surface area (Å²) in [5.41, 5.74) is 6.40. The molecule has 2 aromatic rings. The van der Waals surface area contributed by atoms with Crippen LogP contribution >= 0.6 is 15.9 Å². The zero-order valence-corrected chi connectivity index (χ0v) is 10.9. The van der Waals surface area contributed by atoms with Gasteiger partial charge in [0.1, 0.15) is 5.75 Å². The average molecular weight is 296 g/mol. The highest BCUT2D eigenvalue weighted by Crippen LogP contribution is 2.27. The molecule has 4 nitrogen and oxygen atoms in total. The lowest BCUT2D eigenvalue weighted by molar-refractivity contribution is 0.300. The van der Waals surface area contributed by atoms with Crippen LogP contribution in [-0.2, 0) is 6.54 Å². The molecule has 1 aromatic heterocycles. The molecule has 90 valence electrons. The fourth-order valence-electron chi connectivity index (χ4n) is 1.48. The summed E-state index contributed by atoms with van der Waals surface area (Å²) in [6.07, 6.45) is 6.44. The van der Waals surface area contributed by atoms with E-state index in [2.05, 4.69) is 20.9 Å². The van der Waals surface area contributed by atoms with Crippen LogP contribution in [0.15, 0.2) is 41.4 Å². The Balaban J connectivity index is 1.80. The Kier molecular flexibility index (Phi) is 4.03. The van der Waals surface area contributed by atoms with E-state index in [1.54, 1.807) is 12.5 Å². The summed E-state index contributed by atoms with van der Waals surface area (Å²) < 4.78 is 8.61. The predicted octanol–water partition coefficient (Wildman–Crippen LogP) is 2.70. The van der Waals surface area contributed by atoms with Gasteiger partial charge in [0, 0.05) is 30.7 Å². The van der Waals surface area contributed by atoms with Crippen molar-refractivity contribution in [3.8, 4) is 5.75 Å². The molecule has 0 aliphatic heterocycles. The molecule has 17 heavy (non-hydrogen) atoms. The van der Waals surface area contributed by atoms with Crippen LogP contribution in [0, 0.1) is 0 Å². The lowest BCUT2D eigenvalue weighted by Gasteiger charge is -2.09. The lowest BCUT2D eigenvalue weighted by Crippen LogP contribution is -2.03. The summed E-state index contributed by atoms with van der Waals surface area (Å²) >= 11 is 3.43. The molecule has 0 spiro atoms. The number of aromatic nitrogens is 2. The summed E-state index contributed by atoms with van der Waals surface area (Å²) in [5.74, 6) is 0.788. The van der Waals surface area contributed by atoms with E-state index in [4.69, 9.17) is 10.5 Å². The first-order chi connectivity index (χ1) is 8.25. The van der Waals surface area contributed by atoms with Crippen LogP contribution < -0.4 is 10.5 Å². The Morgan fingerprint density at radius 2 is 2.29 bits per heavy atom. The van der Waals surface area contributed by atoms with Gasteiger partial charge < -0.3 is 15.0 Å². The van der Waals surface area contributed by atoms with Crippen molar-refractivity contribution in [3.63, 3.8) is 0 Å². The Hall–Kier alpha value is -1.49. The third-order valence-electron chi connectivity index (χ3n) is 2.33. The maximum Gasteiger partial charge on any atom is 0.135 e. The first-order valence-corrected chi connectivity index (χ1v) is 6.18. The van der Waals surface area contributed by atoms with Crippen molar-refractivity contribution < 1.29 is 4.74 Å². The summed E-state index contributed by atoms with van der Waals surface area (Å²) in [5, 5.41) is 0. The number of nitrogen functional groups attached to an aromatic ring is 1. The number of rotatable bonds is 5. The molecule has 0 aliphatic carbocycles. The SMILES string of the molecule is Nc1ccc(Br)c(OCCCn2ccnc2)c1. The number of ether oxygens (including phenoxy) is 1. The minimum atomic E-state index is 0.653. The highest BCUT2D eigenvalue weighted by atomic mass is 79.9. The van der Waals surface area contributed by atoms with Gasteiger partial charge in [0.15, 0.2) is 0 Å². The topological polar surface area (TPSA) is 53.1 Å². The van der Waals surface area contributed by atoms with Gasteiger partial charge in [-0.15, -0.1) is 0 Å².